The van der Waals surface area contributed by atoms with Crippen LogP contribution >= 0.6 is 0 Å². The molecule has 198 valence electrons. The van der Waals surface area contributed by atoms with E-state index < -0.39 is 0 Å². The Hall–Kier alpha value is -3.55. The highest BCUT2D eigenvalue weighted by atomic mass is 16.7. The van der Waals surface area contributed by atoms with Gasteiger partial charge in [0.05, 0.1) is 24.4 Å². The molecule has 1 aromatic heterocycles. The first-order valence-corrected chi connectivity index (χ1v) is 13.5. The average Bonchev–Trinajstić information content (AvgIpc) is 3.00. The lowest BCUT2D eigenvalue weighted by Crippen LogP contribution is -2.51. The Labute approximate surface area is 225 Å². The number of carbonyl (C=O) groups excluding carboxylic acids is 2. The normalized spacial score (nSPS) is 18.8. The van der Waals surface area contributed by atoms with Crippen LogP contribution in [-0.2, 0) is 9.63 Å². The summed E-state index contributed by atoms with van der Waals surface area (Å²) in [6, 6.07) is 24.3. The molecule has 3 heterocycles. The zero-order valence-corrected chi connectivity index (χ0v) is 22.3. The molecular weight excluding hydrogens is 476 g/mol. The first-order chi connectivity index (χ1) is 18.5. The number of benzene rings is 2. The summed E-state index contributed by atoms with van der Waals surface area (Å²) in [7, 11) is 3.20. The van der Waals surface area contributed by atoms with Gasteiger partial charge in [0.25, 0.3) is 5.91 Å². The van der Waals surface area contributed by atoms with E-state index >= 15 is 0 Å². The third-order valence-corrected chi connectivity index (χ3v) is 7.87. The summed E-state index contributed by atoms with van der Waals surface area (Å²) < 4.78 is 0. The number of hydroxylamine groups is 2. The molecule has 38 heavy (non-hydrogen) atoms. The zero-order valence-electron chi connectivity index (χ0n) is 22.3. The Bertz CT molecular complexity index is 1180. The second-order valence-corrected chi connectivity index (χ2v) is 10.2. The van der Waals surface area contributed by atoms with Gasteiger partial charge in [-0.1, -0.05) is 60.7 Å². The van der Waals surface area contributed by atoms with Gasteiger partial charge in [-0.2, -0.15) is 0 Å². The van der Waals surface area contributed by atoms with Crippen molar-refractivity contribution in [1.29, 1.82) is 0 Å². The van der Waals surface area contributed by atoms with Gasteiger partial charge in [0, 0.05) is 49.4 Å². The molecule has 7 nitrogen and oxygen atoms in total. The van der Waals surface area contributed by atoms with Crippen molar-refractivity contribution >= 4 is 11.8 Å². The van der Waals surface area contributed by atoms with Crippen LogP contribution in [0.15, 0.2) is 72.8 Å². The van der Waals surface area contributed by atoms with Gasteiger partial charge >= 0.3 is 0 Å². The first-order valence-electron chi connectivity index (χ1n) is 13.5. The van der Waals surface area contributed by atoms with Crippen LogP contribution in [0.2, 0.25) is 0 Å². The van der Waals surface area contributed by atoms with E-state index in [0.29, 0.717) is 24.7 Å². The van der Waals surface area contributed by atoms with Gasteiger partial charge in [-0.05, 0) is 44.4 Å². The zero-order chi connectivity index (χ0) is 26.5. The van der Waals surface area contributed by atoms with Crippen molar-refractivity contribution < 1.29 is 14.4 Å². The molecule has 2 aromatic carbocycles. The van der Waals surface area contributed by atoms with Crippen LogP contribution in [0.25, 0.3) is 22.5 Å². The second kappa shape index (κ2) is 11.9. The largest absolute Gasteiger partial charge is 0.339 e. The maximum Gasteiger partial charge on any atom is 0.254 e. The van der Waals surface area contributed by atoms with Crippen molar-refractivity contribution in [3.8, 4) is 22.5 Å². The predicted molar refractivity (Wildman–Crippen MR) is 148 cm³/mol. The van der Waals surface area contributed by atoms with E-state index in [1.807, 2.05) is 77.7 Å². The SMILES string of the molecule is CON(C)C(=O)[C@@H]1CCCN(C2CCN(C(=O)c3cc(-c4ccccc4)nc(-c4ccccc4)c3)CC2)C1. The highest BCUT2D eigenvalue weighted by Crippen LogP contribution is 2.28. The van der Waals surface area contributed by atoms with E-state index in [2.05, 4.69) is 4.90 Å². The summed E-state index contributed by atoms with van der Waals surface area (Å²) in [6.07, 6.45) is 3.73. The van der Waals surface area contributed by atoms with Gasteiger partial charge in [-0.15, -0.1) is 0 Å². The molecule has 0 radical (unpaired) electrons. The lowest BCUT2D eigenvalue weighted by atomic mass is 9.93. The molecule has 1 atom stereocenters. The number of piperidine rings is 2. The minimum atomic E-state index is -0.0296. The highest BCUT2D eigenvalue weighted by molar-refractivity contribution is 5.96. The Morgan fingerprint density at radius 1 is 0.868 bits per heavy atom. The Morgan fingerprint density at radius 2 is 1.45 bits per heavy atom. The van der Waals surface area contributed by atoms with Gasteiger partial charge in [0.1, 0.15) is 0 Å². The van der Waals surface area contributed by atoms with Crippen LogP contribution in [0.3, 0.4) is 0 Å². The lowest BCUT2D eigenvalue weighted by Gasteiger charge is -2.42. The number of amides is 2. The molecule has 0 unspecified atom stereocenters. The molecule has 2 saturated heterocycles. The van der Waals surface area contributed by atoms with Crippen LogP contribution in [0.1, 0.15) is 36.0 Å². The highest BCUT2D eigenvalue weighted by Gasteiger charge is 2.34. The summed E-state index contributed by atoms with van der Waals surface area (Å²) in [4.78, 5) is 40.8. The fourth-order valence-corrected chi connectivity index (χ4v) is 5.67. The molecule has 5 rings (SSSR count). The molecule has 2 amide bonds. The number of carbonyl (C=O) groups is 2. The van der Waals surface area contributed by atoms with Crippen LogP contribution in [0.5, 0.6) is 0 Å². The van der Waals surface area contributed by atoms with Crippen molar-refractivity contribution in [3.05, 3.63) is 78.4 Å². The molecule has 0 saturated carbocycles. The molecule has 2 aliphatic rings. The molecule has 0 spiro atoms. The van der Waals surface area contributed by atoms with Crippen LogP contribution < -0.4 is 0 Å². The van der Waals surface area contributed by atoms with Gasteiger partial charge in [0.15, 0.2) is 0 Å². The van der Waals surface area contributed by atoms with Gasteiger partial charge in [0.2, 0.25) is 5.91 Å². The Balaban J connectivity index is 1.30. The number of likely N-dealkylation sites (tertiary alicyclic amines) is 2. The number of nitrogens with zero attached hydrogens (tertiary/aromatic N) is 4. The fourth-order valence-electron chi connectivity index (χ4n) is 5.67. The minimum Gasteiger partial charge on any atom is -0.339 e. The van der Waals surface area contributed by atoms with E-state index in [4.69, 9.17) is 9.82 Å². The monoisotopic (exact) mass is 512 g/mol. The third kappa shape index (κ3) is 5.79. The van der Waals surface area contributed by atoms with Crippen LogP contribution in [0.4, 0.5) is 0 Å². The van der Waals surface area contributed by atoms with Crippen molar-refractivity contribution in [2.45, 2.75) is 31.7 Å². The van der Waals surface area contributed by atoms with Crippen LogP contribution in [-0.4, -0.2) is 78.0 Å². The molecular formula is C31H36N4O3. The van der Waals surface area contributed by atoms with Gasteiger partial charge in [-0.25, -0.2) is 10.0 Å². The topological polar surface area (TPSA) is 66.0 Å². The quantitative estimate of drug-likeness (QED) is 0.446. The molecule has 7 heteroatoms. The number of pyridine rings is 1. The molecule has 0 N–H and O–H groups in total. The van der Waals surface area contributed by atoms with E-state index in [1.54, 1.807) is 7.05 Å². The predicted octanol–water partition coefficient (Wildman–Crippen LogP) is 4.75. The summed E-state index contributed by atoms with van der Waals surface area (Å²) in [5.74, 6) is 0.0672. The van der Waals surface area contributed by atoms with Gasteiger partial charge in [-0.3, -0.25) is 19.3 Å². The third-order valence-electron chi connectivity index (χ3n) is 7.87. The van der Waals surface area contributed by atoms with Crippen molar-refractivity contribution in [2.75, 3.05) is 40.3 Å². The Morgan fingerprint density at radius 3 is 2.00 bits per heavy atom. The number of hydrogen-bond donors (Lipinski definition) is 0. The first kappa shape index (κ1) is 26.1. The number of rotatable bonds is 6. The van der Waals surface area contributed by atoms with Gasteiger partial charge < -0.3 is 4.90 Å². The second-order valence-electron chi connectivity index (χ2n) is 10.2. The molecule has 3 aromatic rings. The summed E-state index contributed by atoms with van der Waals surface area (Å²) in [6.45, 7) is 3.18. The molecule has 0 bridgehead atoms. The van der Waals surface area contributed by atoms with E-state index in [-0.39, 0.29) is 17.7 Å². The summed E-state index contributed by atoms with van der Waals surface area (Å²) >= 11 is 0. The number of hydrogen-bond acceptors (Lipinski definition) is 5. The smallest absolute Gasteiger partial charge is 0.254 e. The molecule has 2 aliphatic heterocycles. The van der Waals surface area contributed by atoms with Crippen molar-refractivity contribution in [1.82, 2.24) is 19.8 Å². The summed E-state index contributed by atoms with van der Waals surface area (Å²) in [5, 5.41) is 1.34. The van der Waals surface area contributed by atoms with E-state index in [1.165, 1.54) is 12.2 Å². The maximum atomic E-state index is 13.7. The maximum absolute atomic E-state index is 13.7. The average molecular weight is 513 g/mol. The van der Waals surface area contributed by atoms with E-state index in [0.717, 1.165) is 61.3 Å². The summed E-state index contributed by atoms with van der Waals surface area (Å²) in [5.41, 5.74) is 4.26. The Kier molecular flexibility index (Phi) is 8.15. The lowest BCUT2D eigenvalue weighted by molar-refractivity contribution is -0.175. The van der Waals surface area contributed by atoms with Crippen molar-refractivity contribution in [2.24, 2.45) is 5.92 Å². The molecule has 2 fully saturated rings. The fraction of sp³-hybridized carbons (Fsp3) is 0.387. The standard InChI is InChI=1S/C31H36N4O3/c1-33(38-2)30(36)25-14-9-17-35(22-25)27-15-18-34(19-16-27)31(37)26-20-28(23-10-5-3-6-11-23)32-29(21-26)24-12-7-4-8-13-24/h3-8,10-13,20-21,25,27H,9,14-19,22H2,1-2H3/t25-/m1/s1. The minimum absolute atomic E-state index is 0.0296. The molecule has 0 aliphatic carbocycles. The number of aromatic nitrogens is 1. The van der Waals surface area contributed by atoms with Crippen LogP contribution in [0, 0.1) is 5.92 Å². The van der Waals surface area contributed by atoms with Crippen molar-refractivity contribution in [3.63, 3.8) is 0 Å². The van der Waals surface area contributed by atoms with E-state index in [9.17, 15) is 9.59 Å².